The molecule has 3 N–H and O–H groups in total. The van der Waals surface area contributed by atoms with Gasteiger partial charge in [0.2, 0.25) is 0 Å². The number of hydrogen-bond donors (Lipinski definition) is 2. The van der Waals surface area contributed by atoms with Crippen LogP contribution < -0.4 is 10.6 Å². The van der Waals surface area contributed by atoms with E-state index in [0.29, 0.717) is 16.6 Å². The third-order valence-corrected chi connectivity index (χ3v) is 4.14. The van der Waals surface area contributed by atoms with E-state index < -0.39 is 0 Å². The molecule has 1 saturated heterocycles. The molecule has 0 radical (unpaired) electrons. The fraction of sp³-hybridized carbons (Fsp3) is 0.533. The quantitative estimate of drug-likeness (QED) is 0.651. The van der Waals surface area contributed by atoms with E-state index in [0.717, 1.165) is 12.2 Å². The summed E-state index contributed by atoms with van der Waals surface area (Å²) >= 11 is 6.22. The molecule has 1 atom stereocenters. The molecule has 0 amide bonds. The minimum Gasteiger partial charge on any atom is -0.384 e. The average Bonchev–Trinajstić information content (AvgIpc) is 2.39. The standard InChI is InChI=1S/C15H22ClN3/c1-2-5-11-6-3-4-9-19(11)12-7-8-13(15(17)18)14(16)10-12/h7-8,10-11H,2-6,9H2,1H3,(H3,17,18). The van der Waals surface area contributed by atoms with Crippen LogP contribution in [0.3, 0.4) is 0 Å². The molecule has 2 rings (SSSR count). The molecule has 1 unspecified atom stereocenters. The molecule has 0 aromatic heterocycles. The van der Waals surface area contributed by atoms with Crippen LogP contribution in [0.2, 0.25) is 5.02 Å². The van der Waals surface area contributed by atoms with Gasteiger partial charge >= 0.3 is 0 Å². The highest BCUT2D eigenvalue weighted by molar-refractivity contribution is 6.34. The number of nitrogens with two attached hydrogens (primary N) is 1. The maximum absolute atomic E-state index is 7.48. The first kappa shape index (κ1) is 14.2. The van der Waals surface area contributed by atoms with Gasteiger partial charge in [0.15, 0.2) is 0 Å². The van der Waals surface area contributed by atoms with Crippen molar-refractivity contribution in [1.29, 1.82) is 5.41 Å². The van der Waals surface area contributed by atoms with Crippen molar-refractivity contribution in [1.82, 2.24) is 0 Å². The van der Waals surface area contributed by atoms with Gasteiger partial charge in [-0.15, -0.1) is 0 Å². The summed E-state index contributed by atoms with van der Waals surface area (Å²) in [5, 5.41) is 8.05. The van der Waals surface area contributed by atoms with E-state index in [4.69, 9.17) is 22.7 Å². The Hall–Kier alpha value is -1.22. The van der Waals surface area contributed by atoms with Crippen molar-refractivity contribution in [2.24, 2.45) is 5.73 Å². The van der Waals surface area contributed by atoms with E-state index in [2.05, 4.69) is 11.8 Å². The zero-order valence-corrected chi connectivity index (χ0v) is 12.2. The van der Waals surface area contributed by atoms with Crippen LogP contribution in [0.15, 0.2) is 18.2 Å². The molecule has 19 heavy (non-hydrogen) atoms. The molecule has 0 aliphatic carbocycles. The summed E-state index contributed by atoms with van der Waals surface area (Å²) in [6, 6.07) is 6.47. The molecule has 1 aliphatic rings. The predicted octanol–water partition coefficient (Wildman–Crippen LogP) is 3.78. The smallest absolute Gasteiger partial charge is 0.124 e. The number of benzene rings is 1. The Morgan fingerprint density at radius 2 is 2.26 bits per heavy atom. The van der Waals surface area contributed by atoms with Crippen LogP contribution in [0.1, 0.15) is 44.6 Å². The molecule has 0 saturated carbocycles. The van der Waals surface area contributed by atoms with Crippen LogP contribution in [0, 0.1) is 5.41 Å². The maximum atomic E-state index is 7.48. The summed E-state index contributed by atoms with van der Waals surface area (Å²) in [6.07, 6.45) is 6.26. The summed E-state index contributed by atoms with van der Waals surface area (Å²) in [5.74, 6) is 0.0281. The second-order valence-corrected chi connectivity index (χ2v) is 5.62. The minimum absolute atomic E-state index is 0.0281. The second kappa shape index (κ2) is 6.29. The van der Waals surface area contributed by atoms with Crippen molar-refractivity contribution >= 4 is 23.1 Å². The van der Waals surface area contributed by atoms with Crippen molar-refractivity contribution in [2.75, 3.05) is 11.4 Å². The summed E-state index contributed by atoms with van der Waals surface area (Å²) in [4.78, 5) is 2.46. The zero-order chi connectivity index (χ0) is 13.8. The van der Waals surface area contributed by atoms with E-state index >= 15 is 0 Å². The maximum Gasteiger partial charge on any atom is 0.124 e. The van der Waals surface area contributed by atoms with Crippen molar-refractivity contribution in [3.05, 3.63) is 28.8 Å². The van der Waals surface area contributed by atoms with Crippen LogP contribution in [-0.2, 0) is 0 Å². The van der Waals surface area contributed by atoms with Gasteiger partial charge in [-0.3, -0.25) is 5.41 Å². The number of hydrogen-bond acceptors (Lipinski definition) is 2. The summed E-state index contributed by atoms with van der Waals surface area (Å²) < 4.78 is 0. The Labute approximate surface area is 120 Å². The number of nitrogens with zero attached hydrogens (tertiary/aromatic N) is 1. The molecule has 104 valence electrons. The first-order valence-corrected chi connectivity index (χ1v) is 7.42. The van der Waals surface area contributed by atoms with Crippen LogP contribution >= 0.6 is 11.6 Å². The SMILES string of the molecule is CCCC1CCCCN1c1ccc(C(=N)N)c(Cl)c1. The highest BCUT2D eigenvalue weighted by Gasteiger charge is 2.22. The molecule has 1 aliphatic heterocycles. The molecule has 1 aromatic carbocycles. The molecule has 1 aromatic rings. The Morgan fingerprint density at radius 3 is 2.89 bits per heavy atom. The van der Waals surface area contributed by atoms with Gasteiger partial charge in [-0.2, -0.15) is 0 Å². The monoisotopic (exact) mass is 279 g/mol. The van der Waals surface area contributed by atoms with Crippen molar-refractivity contribution in [2.45, 2.75) is 45.1 Å². The largest absolute Gasteiger partial charge is 0.384 e. The zero-order valence-electron chi connectivity index (χ0n) is 11.5. The average molecular weight is 280 g/mol. The molecule has 0 spiro atoms. The Kier molecular flexibility index (Phi) is 4.70. The molecular weight excluding hydrogens is 258 g/mol. The van der Waals surface area contributed by atoms with E-state index in [1.54, 1.807) is 0 Å². The molecule has 4 heteroatoms. The third-order valence-electron chi connectivity index (χ3n) is 3.82. The number of nitrogen functional groups attached to an aromatic ring is 1. The highest BCUT2D eigenvalue weighted by atomic mass is 35.5. The van der Waals surface area contributed by atoms with Crippen molar-refractivity contribution in [3.63, 3.8) is 0 Å². The summed E-state index contributed by atoms with van der Waals surface area (Å²) in [5.41, 5.74) is 7.28. The van der Waals surface area contributed by atoms with E-state index in [1.165, 1.54) is 32.1 Å². The van der Waals surface area contributed by atoms with Crippen LogP contribution in [-0.4, -0.2) is 18.4 Å². The summed E-state index contributed by atoms with van der Waals surface area (Å²) in [6.45, 7) is 3.33. The van der Waals surface area contributed by atoms with Crippen molar-refractivity contribution < 1.29 is 0 Å². The van der Waals surface area contributed by atoms with E-state index in [1.807, 2.05) is 18.2 Å². The molecule has 1 heterocycles. The molecule has 1 fully saturated rings. The predicted molar refractivity (Wildman–Crippen MR) is 82.4 cm³/mol. The summed E-state index contributed by atoms with van der Waals surface area (Å²) in [7, 11) is 0. The number of rotatable bonds is 4. The molecule has 0 bridgehead atoms. The van der Waals surface area contributed by atoms with E-state index in [9.17, 15) is 0 Å². The first-order chi connectivity index (χ1) is 9.13. The molecular formula is C15H22ClN3. The number of halogens is 1. The fourth-order valence-electron chi connectivity index (χ4n) is 2.87. The van der Waals surface area contributed by atoms with Gasteiger partial charge in [0.1, 0.15) is 5.84 Å². The topological polar surface area (TPSA) is 53.1 Å². The van der Waals surface area contributed by atoms with E-state index in [-0.39, 0.29) is 5.84 Å². The highest BCUT2D eigenvalue weighted by Crippen LogP contribution is 2.30. The second-order valence-electron chi connectivity index (χ2n) is 5.21. The van der Waals surface area contributed by atoms with Crippen molar-refractivity contribution in [3.8, 4) is 0 Å². The number of amidine groups is 1. The Balaban J connectivity index is 2.24. The minimum atomic E-state index is 0.0281. The van der Waals surface area contributed by atoms with Gasteiger partial charge in [0, 0.05) is 23.8 Å². The lowest BCUT2D eigenvalue weighted by atomic mass is 9.97. The van der Waals surface area contributed by atoms with Gasteiger partial charge in [-0.05, 0) is 43.9 Å². The van der Waals surface area contributed by atoms with Crippen LogP contribution in [0.4, 0.5) is 5.69 Å². The lowest BCUT2D eigenvalue weighted by Crippen LogP contribution is -2.39. The van der Waals surface area contributed by atoms with Gasteiger partial charge in [-0.25, -0.2) is 0 Å². The third kappa shape index (κ3) is 3.21. The lowest BCUT2D eigenvalue weighted by Gasteiger charge is -2.38. The van der Waals surface area contributed by atoms with Gasteiger partial charge in [-0.1, -0.05) is 24.9 Å². The van der Waals surface area contributed by atoms with Gasteiger partial charge in [0.05, 0.1) is 5.02 Å². The lowest BCUT2D eigenvalue weighted by molar-refractivity contribution is 0.435. The normalized spacial score (nSPS) is 19.5. The fourth-order valence-corrected chi connectivity index (χ4v) is 3.15. The van der Waals surface area contributed by atoms with Crippen LogP contribution in [0.5, 0.6) is 0 Å². The van der Waals surface area contributed by atoms with Crippen LogP contribution in [0.25, 0.3) is 0 Å². The Bertz CT molecular complexity index is 457. The number of piperidine rings is 1. The number of anilines is 1. The number of nitrogens with one attached hydrogen (secondary N) is 1. The Morgan fingerprint density at radius 1 is 1.47 bits per heavy atom. The first-order valence-electron chi connectivity index (χ1n) is 7.04. The van der Waals surface area contributed by atoms with Gasteiger partial charge in [0.25, 0.3) is 0 Å². The molecule has 3 nitrogen and oxygen atoms in total. The van der Waals surface area contributed by atoms with Gasteiger partial charge < -0.3 is 10.6 Å².